The van der Waals surface area contributed by atoms with E-state index in [0.29, 0.717) is 6.54 Å². The summed E-state index contributed by atoms with van der Waals surface area (Å²) in [6.45, 7) is 7.19. The summed E-state index contributed by atoms with van der Waals surface area (Å²) in [7, 11) is -1.54. The molecule has 0 N–H and O–H groups in total. The first-order chi connectivity index (χ1) is 7.98. The van der Waals surface area contributed by atoms with Crippen LogP contribution in [0.1, 0.15) is 5.56 Å². The highest BCUT2D eigenvalue weighted by atomic mass is 28.3. The van der Waals surface area contributed by atoms with Gasteiger partial charge in [-0.1, -0.05) is 54.8 Å². The van der Waals surface area contributed by atoms with Gasteiger partial charge in [-0.05, 0) is 5.56 Å². The molecule has 1 aromatic heterocycles. The fraction of sp³-hybridized carbons (Fsp3) is 0.308. The summed E-state index contributed by atoms with van der Waals surface area (Å²) in [5.41, 5.74) is 1.15. The first kappa shape index (κ1) is 11.9. The molecule has 0 aliphatic rings. The SMILES string of the molecule is C[Si](C)(C)c1ccn(Cc2ccccc2)[n+]1[O-]. The van der Waals surface area contributed by atoms with Crippen molar-refractivity contribution >= 4 is 13.4 Å². The van der Waals surface area contributed by atoms with Crippen LogP contribution in [0.3, 0.4) is 0 Å². The molecule has 0 unspecified atom stereocenters. The molecule has 1 heterocycles. The highest BCUT2D eigenvalue weighted by molar-refractivity contribution is 6.87. The van der Waals surface area contributed by atoms with Crippen LogP contribution in [-0.2, 0) is 6.54 Å². The van der Waals surface area contributed by atoms with Crippen molar-refractivity contribution in [3.63, 3.8) is 0 Å². The monoisotopic (exact) mass is 246 g/mol. The van der Waals surface area contributed by atoms with Crippen molar-refractivity contribution in [1.82, 2.24) is 4.68 Å². The Hall–Kier alpha value is -1.55. The molecule has 0 atom stereocenters. The minimum atomic E-state index is -1.54. The molecule has 0 aliphatic heterocycles. The van der Waals surface area contributed by atoms with Gasteiger partial charge in [0.2, 0.25) is 0 Å². The van der Waals surface area contributed by atoms with Crippen LogP contribution in [0.25, 0.3) is 0 Å². The lowest BCUT2D eigenvalue weighted by molar-refractivity contribution is -0.677. The largest absolute Gasteiger partial charge is 0.596 e. The molecule has 0 fully saturated rings. The van der Waals surface area contributed by atoms with Gasteiger partial charge in [-0.3, -0.25) is 0 Å². The molecule has 0 radical (unpaired) electrons. The van der Waals surface area contributed by atoms with E-state index in [0.717, 1.165) is 15.7 Å². The second-order valence-corrected chi connectivity index (χ2v) is 10.3. The topological polar surface area (TPSA) is 31.9 Å². The van der Waals surface area contributed by atoms with Gasteiger partial charge >= 0.3 is 0 Å². The van der Waals surface area contributed by atoms with E-state index < -0.39 is 8.07 Å². The van der Waals surface area contributed by atoms with E-state index in [1.165, 1.54) is 0 Å². The molecular formula is C13H18N2OSi. The van der Waals surface area contributed by atoms with Crippen molar-refractivity contribution in [2.75, 3.05) is 0 Å². The lowest BCUT2D eigenvalue weighted by Gasteiger charge is -2.12. The zero-order valence-electron chi connectivity index (χ0n) is 10.6. The Kier molecular flexibility index (Phi) is 3.06. The summed E-state index contributed by atoms with van der Waals surface area (Å²) in [5, 5.41) is 13.1. The van der Waals surface area contributed by atoms with Gasteiger partial charge in [0.15, 0.2) is 13.4 Å². The van der Waals surface area contributed by atoms with Crippen molar-refractivity contribution in [3.05, 3.63) is 53.4 Å². The van der Waals surface area contributed by atoms with E-state index in [9.17, 15) is 5.21 Å². The third kappa shape index (κ3) is 2.58. The first-order valence-corrected chi connectivity index (χ1v) is 9.32. The smallest absolute Gasteiger partial charge is 0.191 e. The maximum Gasteiger partial charge on any atom is 0.191 e. The van der Waals surface area contributed by atoms with Crippen LogP contribution in [0, 0.1) is 5.21 Å². The predicted molar refractivity (Wildman–Crippen MR) is 71.9 cm³/mol. The number of nitrogens with zero attached hydrogens (tertiary/aromatic N) is 2. The second-order valence-electron chi connectivity index (χ2n) is 5.31. The number of hydrogen-bond donors (Lipinski definition) is 0. The Morgan fingerprint density at radius 2 is 1.76 bits per heavy atom. The van der Waals surface area contributed by atoms with Crippen LogP contribution >= 0.6 is 0 Å². The van der Waals surface area contributed by atoms with Crippen molar-refractivity contribution in [2.45, 2.75) is 26.2 Å². The van der Waals surface area contributed by atoms with Gasteiger partial charge < -0.3 is 5.21 Å². The highest BCUT2D eigenvalue weighted by Gasteiger charge is 2.28. The summed E-state index contributed by atoms with van der Waals surface area (Å²) in [6, 6.07) is 12.0. The van der Waals surface area contributed by atoms with E-state index in [-0.39, 0.29) is 0 Å². The van der Waals surface area contributed by atoms with Crippen LogP contribution in [0.4, 0.5) is 0 Å². The van der Waals surface area contributed by atoms with Gasteiger partial charge in [0.1, 0.15) is 6.54 Å². The maximum absolute atomic E-state index is 12.1. The Morgan fingerprint density at radius 1 is 1.12 bits per heavy atom. The van der Waals surface area contributed by atoms with E-state index in [4.69, 9.17) is 0 Å². The summed E-state index contributed by atoms with van der Waals surface area (Å²) < 4.78 is 1.73. The van der Waals surface area contributed by atoms with Crippen LogP contribution in [0.5, 0.6) is 0 Å². The zero-order valence-corrected chi connectivity index (χ0v) is 11.6. The van der Waals surface area contributed by atoms with Gasteiger partial charge in [-0.2, -0.15) is 0 Å². The van der Waals surface area contributed by atoms with E-state index in [1.54, 1.807) is 4.68 Å². The molecule has 2 aromatic rings. The van der Waals surface area contributed by atoms with Crippen molar-refractivity contribution in [3.8, 4) is 0 Å². The van der Waals surface area contributed by atoms with E-state index in [2.05, 4.69) is 19.6 Å². The zero-order chi connectivity index (χ0) is 12.5. The van der Waals surface area contributed by atoms with Gasteiger partial charge in [-0.25, -0.2) is 0 Å². The summed E-state index contributed by atoms with van der Waals surface area (Å²) in [6.07, 6.45) is 1.88. The van der Waals surface area contributed by atoms with E-state index in [1.807, 2.05) is 42.6 Å². The van der Waals surface area contributed by atoms with Crippen molar-refractivity contribution in [2.24, 2.45) is 0 Å². The third-order valence-electron chi connectivity index (χ3n) is 2.80. The maximum atomic E-state index is 12.1. The number of aromatic nitrogens is 2. The Labute approximate surface area is 103 Å². The molecular weight excluding hydrogens is 228 g/mol. The molecule has 4 heteroatoms. The molecule has 0 saturated carbocycles. The van der Waals surface area contributed by atoms with Crippen molar-refractivity contribution < 1.29 is 4.85 Å². The van der Waals surface area contributed by atoms with E-state index >= 15 is 0 Å². The van der Waals surface area contributed by atoms with Gasteiger partial charge in [0, 0.05) is 6.07 Å². The highest BCUT2D eigenvalue weighted by Crippen LogP contribution is 2.02. The minimum absolute atomic E-state index is 0.634. The number of rotatable bonds is 3. The molecule has 0 bridgehead atoms. The number of benzene rings is 1. The summed E-state index contributed by atoms with van der Waals surface area (Å²) in [5.74, 6) is 0. The molecule has 0 saturated heterocycles. The molecule has 17 heavy (non-hydrogen) atoms. The second kappa shape index (κ2) is 4.37. The van der Waals surface area contributed by atoms with Gasteiger partial charge in [-0.15, -0.1) is 4.68 Å². The molecule has 1 aromatic carbocycles. The Balaban J connectivity index is 2.27. The van der Waals surface area contributed by atoms with Gasteiger partial charge in [0.05, 0.1) is 6.20 Å². The molecule has 0 aliphatic carbocycles. The van der Waals surface area contributed by atoms with Crippen LogP contribution in [0.15, 0.2) is 42.6 Å². The first-order valence-electron chi connectivity index (χ1n) is 5.82. The lowest BCUT2D eigenvalue weighted by Crippen LogP contribution is -2.59. The lowest BCUT2D eigenvalue weighted by atomic mass is 10.2. The normalized spacial score (nSPS) is 11.7. The fourth-order valence-corrected chi connectivity index (χ4v) is 3.12. The minimum Gasteiger partial charge on any atom is -0.596 e. The fourth-order valence-electron chi connectivity index (χ4n) is 1.84. The molecule has 90 valence electrons. The quantitative estimate of drug-likeness (QED) is 0.461. The van der Waals surface area contributed by atoms with Crippen LogP contribution in [-0.4, -0.2) is 12.8 Å². The molecule has 0 spiro atoms. The Morgan fingerprint density at radius 3 is 2.29 bits per heavy atom. The van der Waals surface area contributed by atoms with Crippen molar-refractivity contribution in [1.29, 1.82) is 0 Å². The molecule has 2 rings (SSSR count). The average Bonchev–Trinajstić information content (AvgIpc) is 2.61. The Bertz CT molecular complexity index is 500. The van der Waals surface area contributed by atoms with Crippen LogP contribution in [0.2, 0.25) is 19.6 Å². The number of hydrogen-bond acceptors (Lipinski definition) is 1. The predicted octanol–water partition coefficient (Wildman–Crippen LogP) is 1.71. The average molecular weight is 246 g/mol. The third-order valence-corrected chi connectivity index (χ3v) is 4.69. The standard InChI is InChI=1S/C13H18N2OSi/c1-17(2,3)13-9-10-14(15(13)16)11-12-7-5-4-6-8-12/h4-10H,11H2,1-3H3. The van der Waals surface area contributed by atoms with Gasteiger partial charge in [0.25, 0.3) is 0 Å². The van der Waals surface area contributed by atoms with Crippen LogP contribution < -0.4 is 10.2 Å². The molecule has 0 amide bonds. The molecule has 3 nitrogen and oxygen atoms in total. The summed E-state index contributed by atoms with van der Waals surface area (Å²) >= 11 is 0. The summed E-state index contributed by atoms with van der Waals surface area (Å²) in [4.78, 5) is 1.05.